The molecule has 178 valence electrons. The predicted molar refractivity (Wildman–Crippen MR) is 122 cm³/mol. The molecule has 2 heterocycles. The van der Waals surface area contributed by atoms with Gasteiger partial charge in [-0.25, -0.2) is 13.1 Å². The number of fused-ring (bicyclic) bond motifs is 2. The lowest BCUT2D eigenvalue weighted by Gasteiger charge is -2.23. The highest BCUT2D eigenvalue weighted by atomic mass is 32.2. The first-order chi connectivity index (χ1) is 15.7. The third-order valence-electron chi connectivity index (χ3n) is 5.64. The minimum absolute atomic E-state index is 0.0513. The van der Waals surface area contributed by atoms with Crippen molar-refractivity contribution < 1.29 is 22.8 Å². The molecule has 1 aliphatic rings. The van der Waals surface area contributed by atoms with Gasteiger partial charge in [-0.1, -0.05) is 32.0 Å². The minimum atomic E-state index is -3.93. The number of ketones is 2. The van der Waals surface area contributed by atoms with E-state index in [4.69, 9.17) is 0 Å². The first-order valence-electron chi connectivity index (χ1n) is 11.1. The Bertz CT molecular complexity index is 1100. The second-order valence-electron chi connectivity index (χ2n) is 8.62. The number of carbonyl (C=O) groups is 3. The van der Waals surface area contributed by atoms with Crippen molar-refractivity contribution in [2.24, 2.45) is 11.8 Å². The van der Waals surface area contributed by atoms with Gasteiger partial charge in [0.1, 0.15) is 0 Å². The van der Waals surface area contributed by atoms with Gasteiger partial charge in [0.15, 0.2) is 5.78 Å². The molecule has 9 nitrogen and oxygen atoms in total. The van der Waals surface area contributed by atoms with E-state index in [-0.39, 0.29) is 23.7 Å². The fraction of sp³-hybridized carbons (Fsp3) is 0.478. The average molecular weight is 475 g/mol. The van der Waals surface area contributed by atoms with Crippen molar-refractivity contribution in [3.63, 3.8) is 0 Å². The number of benzene rings is 1. The monoisotopic (exact) mass is 474 g/mol. The number of hydrogen-bond donors (Lipinski definition) is 2. The van der Waals surface area contributed by atoms with Gasteiger partial charge in [0.05, 0.1) is 16.6 Å². The Kier molecular flexibility index (Phi) is 8.15. The molecule has 2 bridgehead atoms. The van der Waals surface area contributed by atoms with Gasteiger partial charge in [-0.3, -0.25) is 19.1 Å². The smallest absolute Gasteiger partial charge is 0.287 e. The highest BCUT2D eigenvalue weighted by Gasteiger charge is 2.34. The number of nitrogens with zero attached hydrogens (tertiary/aromatic N) is 2. The molecule has 33 heavy (non-hydrogen) atoms. The number of rotatable bonds is 7. The number of nitrogens with one attached hydrogen (secondary N) is 2. The molecule has 3 rings (SSSR count). The Balaban J connectivity index is 1.81. The predicted octanol–water partition coefficient (Wildman–Crippen LogP) is 1.48. The fourth-order valence-corrected chi connectivity index (χ4v) is 5.19. The third-order valence-corrected chi connectivity index (χ3v) is 7.10. The Hall–Kier alpha value is -2.85. The van der Waals surface area contributed by atoms with Crippen LogP contribution >= 0.6 is 0 Å². The van der Waals surface area contributed by atoms with Gasteiger partial charge < -0.3 is 5.32 Å². The maximum atomic E-state index is 13.2. The second-order valence-corrected chi connectivity index (χ2v) is 10.3. The van der Waals surface area contributed by atoms with Crippen molar-refractivity contribution in [3.05, 3.63) is 48.3 Å². The van der Waals surface area contributed by atoms with E-state index in [2.05, 4.69) is 15.1 Å². The molecule has 10 heteroatoms. The first-order valence-corrected chi connectivity index (χ1v) is 12.6. The van der Waals surface area contributed by atoms with Crippen LogP contribution in [0.15, 0.2) is 47.5 Å². The number of carbonyl (C=O) groups excluding carboxylic acids is 3. The molecule has 0 fully saturated rings. The average Bonchev–Trinajstić information content (AvgIpc) is 3.23. The van der Waals surface area contributed by atoms with Crippen molar-refractivity contribution in [2.45, 2.75) is 57.0 Å². The highest BCUT2D eigenvalue weighted by Crippen LogP contribution is 2.19. The fourth-order valence-electron chi connectivity index (χ4n) is 3.80. The van der Waals surface area contributed by atoms with Gasteiger partial charge >= 0.3 is 0 Å². The van der Waals surface area contributed by atoms with E-state index in [9.17, 15) is 22.8 Å². The van der Waals surface area contributed by atoms with Crippen LogP contribution in [0.2, 0.25) is 0 Å². The molecule has 1 aliphatic heterocycles. The van der Waals surface area contributed by atoms with Crippen LogP contribution in [0.25, 0.3) is 0 Å². The summed E-state index contributed by atoms with van der Waals surface area (Å²) >= 11 is 0. The molecule has 1 amide bonds. The summed E-state index contributed by atoms with van der Waals surface area (Å²) in [6, 6.07) is 8.53. The van der Waals surface area contributed by atoms with E-state index >= 15 is 0 Å². The summed E-state index contributed by atoms with van der Waals surface area (Å²) in [5, 5.41) is 7.07. The summed E-state index contributed by atoms with van der Waals surface area (Å²) in [4.78, 5) is 38.5. The standard InChI is InChI=1S/C23H30N4O5S/c1-16(2)21(26-33(31,32)19-8-4-3-5-9-19)20(28)15-17-14-18-10-13-27(25-18)12-7-6-11-24-23(30)22(17)29/h3-5,8-10,13,16-17,21,26H,6-7,11-12,14-15H2,1-2H3,(H,24,30). The highest BCUT2D eigenvalue weighted by molar-refractivity contribution is 7.89. The van der Waals surface area contributed by atoms with Crippen molar-refractivity contribution in [2.75, 3.05) is 6.54 Å². The first kappa shape index (κ1) is 24.8. The SMILES string of the molecule is CC(C)C(NS(=O)(=O)c1ccccc1)C(=O)CC1Cc2ccn(n2)CCCCNC(=O)C1=O. The van der Waals surface area contributed by atoms with Crippen molar-refractivity contribution in [1.29, 1.82) is 0 Å². The molecule has 2 N–H and O–H groups in total. The molecule has 2 unspecified atom stereocenters. The van der Waals surface area contributed by atoms with Crippen molar-refractivity contribution in [3.8, 4) is 0 Å². The zero-order chi connectivity index (χ0) is 24.0. The third kappa shape index (κ3) is 6.58. The van der Waals surface area contributed by atoms with Gasteiger partial charge in [0.25, 0.3) is 5.91 Å². The van der Waals surface area contributed by atoms with E-state index in [1.807, 2.05) is 6.20 Å². The van der Waals surface area contributed by atoms with Gasteiger partial charge in [-0.15, -0.1) is 0 Å². The lowest BCUT2D eigenvalue weighted by Crippen LogP contribution is -2.46. The minimum Gasteiger partial charge on any atom is -0.349 e. The summed E-state index contributed by atoms with van der Waals surface area (Å²) in [7, 11) is -3.93. The van der Waals surface area contributed by atoms with E-state index < -0.39 is 39.5 Å². The number of hydrogen-bond acceptors (Lipinski definition) is 6. The van der Waals surface area contributed by atoms with Crippen LogP contribution < -0.4 is 10.0 Å². The lowest BCUT2D eigenvalue weighted by atomic mass is 9.87. The van der Waals surface area contributed by atoms with E-state index in [0.717, 1.165) is 6.42 Å². The molecule has 1 aromatic carbocycles. The molecule has 0 radical (unpaired) electrons. The number of amides is 1. The van der Waals surface area contributed by atoms with Crippen LogP contribution in [-0.4, -0.2) is 48.3 Å². The molecule has 0 aliphatic carbocycles. The number of aromatic nitrogens is 2. The lowest BCUT2D eigenvalue weighted by molar-refractivity contribution is -0.141. The van der Waals surface area contributed by atoms with Gasteiger partial charge in [0.2, 0.25) is 15.8 Å². The van der Waals surface area contributed by atoms with Crippen LogP contribution in [0.1, 0.15) is 38.8 Å². The molecule has 2 aromatic rings. The van der Waals surface area contributed by atoms with Gasteiger partial charge in [-0.2, -0.15) is 5.10 Å². The van der Waals surface area contributed by atoms with Gasteiger partial charge in [-0.05, 0) is 37.0 Å². The molecule has 0 saturated heterocycles. The van der Waals surface area contributed by atoms with Crippen LogP contribution in [0.4, 0.5) is 0 Å². The van der Waals surface area contributed by atoms with Crippen LogP contribution in [0.3, 0.4) is 0 Å². The Morgan fingerprint density at radius 1 is 1.18 bits per heavy atom. The summed E-state index contributed by atoms with van der Waals surface area (Å²) < 4.78 is 29.9. The summed E-state index contributed by atoms with van der Waals surface area (Å²) in [5.41, 5.74) is 0.612. The Labute approximate surface area is 194 Å². The van der Waals surface area contributed by atoms with E-state index in [1.165, 1.54) is 12.1 Å². The number of Topliss-reactive ketones (excluding diaryl/α,β-unsaturated/α-hetero) is 2. The molecule has 1 aromatic heterocycles. The van der Waals surface area contributed by atoms with E-state index in [0.29, 0.717) is 25.2 Å². The molecular weight excluding hydrogens is 444 g/mol. The van der Waals surface area contributed by atoms with Crippen LogP contribution in [0.5, 0.6) is 0 Å². The van der Waals surface area contributed by atoms with E-state index in [1.54, 1.807) is 42.8 Å². The Morgan fingerprint density at radius 3 is 2.61 bits per heavy atom. The number of aryl methyl sites for hydroxylation is 1. The molecule has 0 saturated carbocycles. The zero-order valence-electron chi connectivity index (χ0n) is 18.9. The number of sulfonamides is 1. The quantitative estimate of drug-likeness (QED) is 0.585. The second kappa shape index (κ2) is 10.8. The van der Waals surface area contributed by atoms with Crippen molar-refractivity contribution in [1.82, 2.24) is 19.8 Å². The maximum Gasteiger partial charge on any atom is 0.287 e. The summed E-state index contributed by atoms with van der Waals surface area (Å²) in [6.07, 6.45) is 3.20. The largest absolute Gasteiger partial charge is 0.349 e. The normalized spacial score (nSPS) is 18.8. The molecular formula is C23H30N4O5S. The molecule has 2 atom stereocenters. The van der Waals surface area contributed by atoms with Gasteiger partial charge in [0, 0.05) is 38.0 Å². The van der Waals surface area contributed by atoms with Crippen LogP contribution in [-0.2, 0) is 37.4 Å². The summed E-state index contributed by atoms with van der Waals surface area (Å²) in [6.45, 7) is 4.52. The van der Waals surface area contributed by atoms with Crippen molar-refractivity contribution >= 4 is 27.5 Å². The molecule has 0 spiro atoms. The summed E-state index contributed by atoms with van der Waals surface area (Å²) in [5.74, 6) is -3.14. The maximum absolute atomic E-state index is 13.2. The topological polar surface area (TPSA) is 127 Å². The Morgan fingerprint density at radius 2 is 1.91 bits per heavy atom. The van der Waals surface area contributed by atoms with Crippen LogP contribution in [0, 0.1) is 11.8 Å². The zero-order valence-corrected chi connectivity index (χ0v) is 19.7.